The molecule has 1 unspecified atom stereocenters. The minimum Gasteiger partial charge on any atom is -0.340 e. The molecule has 1 aromatic carbocycles. The van der Waals surface area contributed by atoms with Crippen molar-refractivity contribution in [1.82, 2.24) is 19.4 Å². The molecule has 4 rings (SSSR count). The number of nitrogens with zero attached hydrogens (tertiary/aromatic N) is 4. The average Bonchev–Trinajstić information content (AvgIpc) is 3.28. The van der Waals surface area contributed by atoms with Gasteiger partial charge in [-0.05, 0) is 44.5 Å². The van der Waals surface area contributed by atoms with Gasteiger partial charge in [0.25, 0.3) is 0 Å². The number of carbonyl (C=O) groups is 1. The van der Waals surface area contributed by atoms with E-state index in [-0.39, 0.29) is 5.91 Å². The molecule has 1 aromatic heterocycles. The summed E-state index contributed by atoms with van der Waals surface area (Å²) in [7, 11) is 0. The number of imidazole rings is 1. The summed E-state index contributed by atoms with van der Waals surface area (Å²) in [5, 5.41) is 0. The number of hydrogen-bond acceptors (Lipinski definition) is 3. The topological polar surface area (TPSA) is 41.4 Å². The number of carbonyl (C=O) groups excluding carboxylic acids is 1. The van der Waals surface area contributed by atoms with Crippen LogP contribution >= 0.6 is 0 Å². The van der Waals surface area contributed by atoms with Gasteiger partial charge in [-0.1, -0.05) is 12.1 Å². The van der Waals surface area contributed by atoms with Crippen LogP contribution in [0.1, 0.15) is 19.3 Å². The number of para-hydroxylation sites is 2. The Labute approximate surface area is 130 Å². The Hall–Kier alpha value is -1.88. The van der Waals surface area contributed by atoms with E-state index in [1.807, 2.05) is 33.7 Å². The Kier molecular flexibility index (Phi) is 3.58. The summed E-state index contributed by atoms with van der Waals surface area (Å²) in [6.07, 6.45) is 5.52. The third-order valence-corrected chi connectivity index (χ3v) is 5.01. The molecular formula is C17H22N4O. The number of benzene rings is 1. The molecule has 2 saturated heterocycles. The minimum absolute atomic E-state index is 0.213. The van der Waals surface area contributed by atoms with E-state index in [4.69, 9.17) is 0 Å². The fourth-order valence-corrected chi connectivity index (χ4v) is 3.76. The SMILES string of the molecule is O=C(Cn1cnc2ccccc21)N1CCC(N2CCCC2)C1. The van der Waals surface area contributed by atoms with Crippen molar-refractivity contribution in [2.75, 3.05) is 26.2 Å². The molecular weight excluding hydrogens is 276 g/mol. The first-order valence-corrected chi connectivity index (χ1v) is 8.23. The van der Waals surface area contributed by atoms with E-state index in [0.717, 1.165) is 30.5 Å². The van der Waals surface area contributed by atoms with Crippen LogP contribution in [-0.2, 0) is 11.3 Å². The number of hydrogen-bond donors (Lipinski definition) is 0. The van der Waals surface area contributed by atoms with Crippen molar-refractivity contribution in [3.8, 4) is 0 Å². The molecule has 1 atom stereocenters. The largest absolute Gasteiger partial charge is 0.340 e. The van der Waals surface area contributed by atoms with Crippen LogP contribution in [0.4, 0.5) is 0 Å². The predicted octanol–water partition coefficient (Wildman–Crippen LogP) is 1.73. The Morgan fingerprint density at radius 1 is 1.18 bits per heavy atom. The highest BCUT2D eigenvalue weighted by molar-refractivity contribution is 5.80. The normalized spacial score (nSPS) is 22.7. The summed E-state index contributed by atoms with van der Waals surface area (Å²) in [5.41, 5.74) is 1.98. The van der Waals surface area contributed by atoms with Crippen molar-refractivity contribution >= 4 is 16.9 Å². The lowest BCUT2D eigenvalue weighted by Crippen LogP contribution is -2.38. The predicted molar refractivity (Wildman–Crippen MR) is 85.5 cm³/mol. The van der Waals surface area contributed by atoms with Gasteiger partial charge >= 0.3 is 0 Å². The molecule has 2 aliphatic heterocycles. The zero-order valence-electron chi connectivity index (χ0n) is 12.8. The Morgan fingerprint density at radius 3 is 2.86 bits per heavy atom. The number of amides is 1. The van der Waals surface area contributed by atoms with Crippen molar-refractivity contribution in [1.29, 1.82) is 0 Å². The Morgan fingerprint density at radius 2 is 2.00 bits per heavy atom. The summed E-state index contributed by atoms with van der Waals surface area (Å²) in [4.78, 5) is 21.5. The maximum Gasteiger partial charge on any atom is 0.242 e. The Bertz CT molecular complexity index is 674. The summed E-state index contributed by atoms with van der Waals surface area (Å²) in [5.74, 6) is 0.213. The van der Waals surface area contributed by atoms with Crippen LogP contribution in [0.2, 0.25) is 0 Å². The molecule has 0 spiro atoms. The van der Waals surface area contributed by atoms with Gasteiger partial charge in [-0.15, -0.1) is 0 Å². The van der Waals surface area contributed by atoms with Gasteiger partial charge in [0.15, 0.2) is 0 Å². The van der Waals surface area contributed by atoms with Crippen LogP contribution in [0.3, 0.4) is 0 Å². The van der Waals surface area contributed by atoms with E-state index in [0.29, 0.717) is 12.6 Å². The van der Waals surface area contributed by atoms with Gasteiger partial charge in [0.1, 0.15) is 6.54 Å². The molecule has 3 heterocycles. The summed E-state index contributed by atoms with van der Waals surface area (Å²) in [6.45, 7) is 4.60. The minimum atomic E-state index is 0.213. The molecule has 2 aliphatic rings. The van der Waals surface area contributed by atoms with Crippen LogP contribution in [0, 0.1) is 0 Å². The van der Waals surface area contributed by atoms with E-state index in [1.54, 1.807) is 6.33 Å². The van der Waals surface area contributed by atoms with Crippen molar-refractivity contribution in [3.63, 3.8) is 0 Å². The number of rotatable bonds is 3. The lowest BCUT2D eigenvalue weighted by Gasteiger charge is -2.23. The third kappa shape index (κ3) is 2.50. The molecule has 0 N–H and O–H groups in total. The molecule has 2 fully saturated rings. The fourth-order valence-electron chi connectivity index (χ4n) is 3.76. The Balaban J connectivity index is 1.42. The second kappa shape index (κ2) is 5.72. The van der Waals surface area contributed by atoms with Crippen molar-refractivity contribution < 1.29 is 4.79 Å². The van der Waals surface area contributed by atoms with Crippen LogP contribution in [-0.4, -0.2) is 57.5 Å². The first-order valence-electron chi connectivity index (χ1n) is 8.23. The maximum atomic E-state index is 12.6. The molecule has 5 nitrogen and oxygen atoms in total. The number of likely N-dealkylation sites (tertiary alicyclic amines) is 2. The smallest absolute Gasteiger partial charge is 0.242 e. The van der Waals surface area contributed by atoms with Crippen LogP contribution < -0.4 is 0 Å². The summed E-state index contributed by atoms with van der Waals surface area (Å²) in [6, 6.07) is 8.54. The van der Waals surface area contributed by atoms with Crippen molar-refractivity contribution in [2.45, 2.75) is 31.8 Å². The van der Waals surface area contributed by atoms with E-state index in [1.165, 1.54) is 25.9 Å². The monoisotopic (exact) mass is 298 g/mol. The molecule has 116 valence electrons. The van der Waals surface area contributed by atoms with Crippen molar-refractivity contribution in [3.05, 3.63) is 30.6 Å². The third-order valence-electron chi connectivity index (χ3n) is 5.01. The maximum absolute atomic E-state index is 12.6. The number of fused-ring (bicyclic) bond motifs is 1. The molecule has 0 aliphatic carbocycles. The molecule has 2 aromatic rings. The standard InChI is InChI=1S/C17H22N4O/c22-17(12-21-13-18-15-5-1-2-6-16(15)21)20-10-7-14(11-20)19-8-3-4-9-19/h1-2,5-6,13-14H,3-4,7-12H2. The summed E-state index contributed by atoms with van der Waals surface area (Å²) >= 11 is 0. The highest BCUT2D eigenvalue weighted by atomic mass is 16.2. The van der Waals surface area contributed by atoms with Crippen LogP contribution in [0.5, 0.6) is 0 Å². The molecule has 1 amide bonds. The molecule has 22 heavy (non-hydrogen) atoms. The highest BCUT2D eigenvalue weighted by Gasteiger charge is 2.31. The fraction of sp³-hybridized carbons (Fsp3) is 0.529. The molecule has 0 bridgehead atoms. The summed E-state index contributed by atoms with van der Waals surface area (Å²) < 4.78 is 1.96. The zero-order chi connectivity index (χ0) is 14.9. The highest BCUT2D eigenvalue weighted by Crippen LogP contribution is 2.21. The average molecular weight is 298 g/mol. The van der Waals surface area contributed by atoms with Crippen LogP contribution in [0.15, 0.2) is 30.6 Å². The zero-order valence-corrected chi connectivity index (χ0v) is 12.8. The molecule has 0 radical (unpaired) electrons. The van der Waals surface area contributed by atoms with E-state index >= 15 is 0 Å². The van der Waals surface area contributed by atoms with E-state index in [2.05, 4.69) is 9.88 Å². The lowest BCUT2D eigenvalue weighted by molar-refractivity contribution is -0.130. The van der Waals surface area contributed by atoms with Gasteiger partial charge in [-0.2, -0.15) is 0 Å². The second-order valence-corrected chi connectivity index (χ2v) is 6.39. The van der Waals surface area contributed by atoms with Gasteiger partial charge in [-0.25, -0.2) is 4.98 Å². The van der Waals surface area contributed by atoms with E-state index in [9.17, 15) is 4.79 Å². The molecule has 0 saturated carbocycles. The first kappa shape index (κ1) is 13.8. The quantitative estimate of drug-likeness (QED) is 0.866. The van der Waals surface area contributed by atoms with Gasteiger partial charge in [0, 0.05) is 19.1 Å². The van der Waals surface area contributed by atoms with Gasteiger partial charge in [0.05, 0.1) is 17.4 Å². The van der Waals surface area contributed by atoms with Crippen LogP contribution in [0.25, 0.3) is 11.0 Å². The first-order chi connectivity index (χ1) is 10.8. The number of aromatic nitrogens is 2. The molecule has 5 heteroatoms. The van der Waals surface area contributed by atoms with E-state index < -0.39 is 0 Å². The van der Waals surface area contributed by atoms with Gasteiger partial charge in [-0.3, -0.25) is 9.69 Å². The van der Waals surface area contributed by atoms with Gasteiger partial charge in [0.2, 0.25) is 5.91 Å². The second-order valence-electron chi connectivity index (χ2n) is 6.39. The van der Waals surface area contributed by atoms with Crippen molar-refractivity contribution in [2.24, 2.45) is 0 Å². The van der Waals surface area contributed by atoms with Gasteiger partial charge < -0.3 is 9.47 Å². The lowest BCUT2D eigenvalue weighted by atomic mass is 10.2.